The van der Waals surface area contributed by atoms with E-state index in [1.165, 1.54) is 18.2 Å². The molecule has 2 rings (SSSR count). The van der Waals surface area contributed by atoms with Crippen LogP contribution in [0.5, 0.6) is 5.75 Å². The van der Waals surface area contributed by atoms with E-state index in [0.29, 0.717) is 19.3 Å². The molecule has 1 aromatic rings. The molecule has 1 aromatic carbocycles. The third-order valence-electron chi connectivity index (χ3n) is 4.84. The van der Waals surface area contributed by atoms with Crippen molar-refractivity contribution in [3.8, 4) is 5.75 Å². The van der Waals surface area contributed by atoms with Gasteiger partial charge in [0.1, 0.15) is 18.5 Å². The Morgan fingerprint density at radius 3 is 2.74 bits per heavy atom. The summed E-state index contributed by atoms with van der Waals surface area (Å²) in [5, 5.41) is 28.8. The van der Waals surface area contributed by atoms with Crippen molar-refractivity contribution in [3.63, 3.8) is 0 Å². The normalized spacial score (nSPS) is 22.9. The Hall–Kier alpha value is -2.36. The van der Waals surface area contributed by atoms with Gasteiger partial charge in [-0.3, -0.25) is 4.79 Å². The third-order valence-corrected chi connectivity index (χ3v) is 4.84. The molecule has 0 aromatic heterocycles. The van der Waals surface area contributed by atoms with Crippen LogP contribution in [0.4, 0.5) is 13.2 Å². The van der Waals surface area contributed by atoms with Crippen molar-refractivity contribution in [1.82, 2.24) is 0 Å². The highest BCUT2D eigenvalue weighted by atomic mass is 19.4. The minimum atomic E-state index is -4.47. The third kappa shape index (κ3) is 8.72. The van der Waals surface area contributed by atoms with Crippen molar-refractivity contribution < 1.29 is 42.8 Å². The number of carboxylic acid groups (broad SMARTS) is 1. The number of halogens is 3. The number of hydrogen-bond donors (Lipinski definition) is 3. The van der Waals surface area contributed by atoms with Gasteiger partial charge in [-0.05, 0) is 37.5 Å². The summed E-state index contributed by atoms with van der Waals surface area (Å²) < 4.78 is 49.0. The summed E-state index contributed by atoms with van der Waals surface area (Å²) in [6, 6.07) is 4.41. The lowest BCUT2D eigenvalue weighted by atomic mass is 9.93. The zero-order valence-electron chi connectivity index (χ0n) is 16.9. The molecule has 172 valence electrons. The van der Waals surface area contributed by atoms with Crippen LogP contribution in [0.1, 0.15) is 31.2 Å². The van der Waals surface area contributed by atoms with Gasteiger partial charge in [-0.15, -0.1) is 0 Å². The number of aliphatic carboxylic acids is 1. The number of rotatable bonds is 11. The molecule has 1 saturated heterocycles. The first-order chi connectivity index (χ1) is 14.7. The second kappa shape index (κ2) is 11.9. The van der Waals surface area contributed by atoms with Gasteiger partial charge in [0.05, 0.1) is 24.4 Å². The number of aliphatic hydroxyl groups is 2. The minimum Gasteiger partial charge on any atom is -0.491 e. The average molecular weight is 444 g/mol. The Kier molecular flexibility index (Phi) is 9.54. The van der Waals surface area contributed by atoms with Crippen LogP contribution >= 0.6 is 0 Å². The Morgan fingerprint density at radius 2 is 2.03 bits per heavy atom. The van der Waals surface area contributed by atoms with Crippen molar-refractivity contribution in [2.24, 2.45) is 5.92 Å². The smallest absolute Gasteiger partial charge is 0.416 e. The van der Waals surface area contributed by atoms with Gasteiger partial charge in [-0.2, -0.15) is 13.2 Å². The minimum absolute atomic E-state index is 0.00220. The summed E-state index contributed by atoms with van der Waals surface area (Å²) in [6.07, 6.45) is 1.90. The first-order valence-electron chi connectivity index (χ1n) is 9.99. The van der Waals surface area contributed by atoms with E-state index in [-0.39, 0.29) is 31.3 Å². The quantitative estimate of drug-likeness (QED) is 0.452. The lowest BCUT2D eigenvalue weighted by Gasteiger charge is -2.17. The van der Waals surface area contributed by atoms with E-state index in [1.807, 2.05) is 6.08 Å². The number of carbonyl (C=O) groups is 1. The molecule has 4 atom stereocenters. The summed E-state index contributed by atoms with van der Waals surface area (Å²) >= 11 is 0. The Morgan fingerprint density at radius 1 is 1.29 bits per heavy atom. The predicted molar refractivity (Wildman–Crippen MR) is 107 cm³/mol. The highest BCUT2D eigenvalue weighted by Gasteiger charge is 2.34. The van der Waals surface area contributed by atoms with Crippen LogP contribution in [0, 0.1) is 5.92 Å². The van der Waals surface area contributed by atoms with Crippen molar-refractivity contribution in [3.05, 3.63) is 54.1 Å². The Labute approximate surface area is 178 Å². The summed E-state index contributed by atoms with van der Waals surface area (Å²) in [7, 11) is 0. The first-order valence-corrected chi connectivity index (χ1v) is 9.99. The number of ether oxygens (including phenoxy) is 2. The SMILES string of the molecule is O=C(O)CC/C=C\CC[C@H]1[C@@H](O)CO[C@@H]1/C=C/[C@H](O)COc1cccc(C(F)(F)F)c1. The fraction of sp³-hybridized carbons (Fsp3) is 0.500. The number of aliphatic hydroxyl groups excluding tert-OH is 2. The second-order valence-corrected chi connectivity index (χ2v) is 7.30. The van der Waals surface area contributed by atoms with Crippen LogP contribution in [-0.4, -0.2) is 52.8 Å². The van der Waals surface area contributed by atoms with Gasteiger partial charge in [0.15, 0.2) is 0 Å². The van der Waals surface area contributed by atoms with Crippen molar-refractivity contribution in [2.45, 2.75) is 50.2 Å². The molecule has 0 saturated carbocycles. The molecule has 0 aliphatic carbocycles. The van der Waals surface area contributed by atoms with Gasteiger partial charge in [-0.25, -0.2) is 0 Å². The van der Waals surface area contributed by atoms with Gasteiger partial charge in [0.25, 0.3) is 0 Å². The lowest BCUT2D eigenvalue weighted by Crippen LogP contribution is -2.23. The maximum Gasteiger partial charge on any atom is 0.416 e. The van der Waals surface area contributed by atoms with Gasteiger partial charge in [0, 0.05) is 12.3 Å². The van der Waals surface area contributed by atoms with Gasteiger partial charge in [0.2, 0.25) is 0 Å². The average Bonchev–Trinajstić information content (AvgIpc) is 3.06. The van der Waals surface area contributed by atoms with Gasteiger partial charge >= 0.3 is 12.1 Å². The van der Waals surface area contributed by atoms with Crippen LogP contribution in [0.15, 0.2) is 48.6 Å². The van der Waals surface area contributed by atoms with E-state index < -0.39 is 36.0 Å². The molecular formula is C22H27F3O6. The Balaban J connectivity index is 1.80. The number of allylic oxidation sites excluding steroid dienone is 2. The van der Waals surface area contributed by atoms with Crippen LogP contribution in [0.2, 0.25) is 0 Å². The largest absolute Gasteiger partial charge is 0.491 e. The molecule has 0 spiro atoms. The van der Waals surface area contributed by atoms with E-state index in [2.05, 4.69) is 0 Å². The molecule has 1 aliphatic rings. The summed E-state index contributed by atoms with van der Waals surface area (Å²) in [5.74, 6) is -1.04. The van der Waals surface area contributed by atoms with Gasteiger partial charge < -0.3 is 24.8 Å². The maximum atomic E-state index is 12.7. The highest BCUT2D eigenvalue weighted by molar-refractivity contribution is 5.66. The molecular weight excluding hydrogens is 417 g/mol. The van der Waals surface area contributed by atoms with Crippen molar-refractivity contribution in [1.29, 1.82) is 0 Å². The van der Waals surface area contributed by atoms with E-state index in [9.17, 15) is 28.2 Å². The molecule has 0 radical (unpaired) electrons. The molecule has 6 nitrogen and oxygen atoms in total. The fourth-order valence-corrected chi connectivity index (χ4v) is 3.20. The van der Waals surface area contributed by atoms with Crippen molar-refractivity contribution >= 4 is 5.97 Å². The zero-order chi connectivity index (χ0) is 22.9. The number of benzene rings is 1. The lowest BCUT2D eigenvalue weighted by molar-refractivity contribution is -0.138. The molecule has 1 fully saturated rings. The monoisotopic (exact) mass is 444 g/mol. The number of carboxylic acids is 1. The highest BCUT2D eigenvalue weighted by Crippen LogP contribution is 2.31. The molecule has 3 N–H and O–H groups in total. The molecule has 0 bridgehead atoms. The van der Waals surface area contributed by atoms with Gasteiger partial charge in [-0.1, -0.05) is 30.4 Å². The van der Waals surface area contributed by atoms with E-state index in [0.717, 1.165) is 12.1 Å². The first kappa shape index (κ1) is 24.9. The van der Waals surface area contributed by atoms with E-state index >= 15 is 0 Å². The van der Waals surface area contributed by atoms with Crippen LogP contribution < -0.4 is 4.74 Å². The van der Waals surface area contributed by atoms with E-state index in [1.54, 1.807) is 12.2 Å². The number of hydrogen-bond acceptors (Lipinski definition) is 5. The van der Waals surface area contributed by atoms with Crippen LogP contribution in [0.3, 0.4) is 0 Å². The van der Waals surface area contributed by atoms with Crippen molar-refractivity contribution in [2.75, 3.05) is 13.2 Å². The molecule has 9 heteroatoms. The molecule has 31 heavy (non-hydrogen) atoms. The summed E-state index contributed by atoms with van der Waals surface area (Å²) in [4.78, 5) is 10.5. The topological polar surface area (TPSA) is 96.2 Å². The molecule has 1 heterocycles. The molecule has 0 amide bonds. The fourth-order valence-electron chi connectivity index (χ4n) is 3.20. The molecule has 1 aliphatic heterocycles. The summed E-state index contributed by atoms with van der Waals surface area (Å²) in [5.41, 5.74) is -0.830. The van der Waals surface area contributed by atoms with Crippen LogP contribution in [-0.2, 0) is 15.7 Å². The number of alkyl halides is 3. The second-order valence-electron chi connectivity index (χ2n) is 7.30. The zero-order valence-corrected chi connectivity index (χ0v) is 16.9. The maximum absolute atomic E-state index is 12.7. The van der Waals surface area contributed by atoms with E-state index in [4.69, 9.17) is 14.6 Å². The standard InChI is InChI=1S/C22H27F3O6/c23-22(24,25)15-6-5-7-17(12-15)30-13-16(26)10-11-20-18(19(27)14-31-20)8-3-1-2-4-9-21(28)29/h1-2,5-7,10-12,16,18-20,26-27H,3-4,8-9,13-14H2,(H,28,29)/b2-1-,11-10+/t16-,18-,19-,20+/m0/s1. The predicted octanol–water partition coefficient (Wildman–Crippen LogP) is 3.58. The summed E-state index contributed by atoms with van der Waals surface area (Å²) in [6.45, 7) is -0.0662. The Bertz CT molecular complexity index is 762. The van der Waals surface area contributed by atoms with Crippen LogP contribution in [0.25, 0.3) is 0 Å². The molecule has 0 unspecified atom stereocenters.